The minimum atomic E-state index is -0.154. The number of nitrogens with zero attached hydrogens (tertiary/aromatic N) is 5. The van der Waals surface area contributed by atoms with Crippen LogP contribution in [0, 0.1) is 17.2 Å². The molecule has 2 aromatic carbocycles. The van der Waals surface area contributed by atoms with E-state index in [0.717, 1.165) is 48.6 Å². The number of para-hydroxylation sites is 1. The van der Waals surface area contributed by atoms with Crippen molar-refractivity contribution >= 4 is 17.5 Å². The van der Waals surface area contributed by atoms with Crippen LogP contribution < -0.4 is 15.8 Å². The summed E-state index contributed by atoms with van der Waals surface area (Å²) in [5.41, 5.74) is 8.18. The molecular formula is C31H35N7O2. The highest BCUT2D eigenvalue weighted by atomic mass is 16.5. The molecule has 9 heteroatoms. The van der Waals surface area contributed by atoms with Crippen LogP contribution in [-0.2, 0) is 4.79 Å². The van der Waals surface area contributed by atoms with Gasteiger partial charge >= 0.3 is 0 Å². The summed E-state index contributed by atoms with van der Waals surface area (Å²) in [6.45, 7) is 4.72. The molecule has 2 fully saturated rings. The zero-order chi connectivity index (χ0) is 27.7. The van der Waals surface area contributed by atoms with Gasteiger partial charge in [0.15, 0.2) is 0 Å². The summed E-state index contributed by atoms with van der Waals surface area (Å²) in [4.78, 5) is 25.7. The minimum absolute atomic E-state index is 0.154. The van der Waals surface area contributed by atoms with Crippen LogP contribution in [0.4, 0.5) is 11.6 Å². The summed E-state index contributed by atoms with van der Waals surface area (Å²) in [6.07, 6.45) is 7.33. The molecule has 0 saturated carbocycles. The highest BCUT2D eigenvalue weighted by Gasteiger charge is 2.25. The van der Waals surface area contributed by atoms with Gasteiger partial charge in [-0.05, 0) is 80.6 Å². The van der Waals surface area contributed by atoms with Crippen LogP contribution in [0.2, 0.25) is 0 Å². The Hall–Kier alpha value is -4.42. The number of carbonyl (C=O) groups is 1. The second-order valence-corrected chi connectivity index (χ2v) is 10.3. The maximum Gasteiger partial charge on any atom is 0.264 e. The van der Waals surface area contributed by atoms with Crippen LogP contribution in [0.25, 0.3) is 11.1 Å². The molecule has 2 aliphatic rings. The molecule has 2 saturated heterocycles. The number of piperidine rings is 1. The predicted molar refractivity (Wildman–Crippen MR) is 156 cm³/mol. The summed E-state index contributed by atoms with van der Waals surface area (Å²) < 4.78 is 5.91. The third-order valence-electron chi connectivity index (χ3n) is 7.56. The lowest BCUT2D eigenvalue weighted by Crippen LogP contribution is -2.40. The van der Waals surface area contributed by atoms with Gasteiger partial charge in [0, 0.05) is 26.2 Å². The van der Waals surface area contributed by atoms with Crippen molar-refractivity contribution in [2.45, 2.75) is 25.7 Å². The van der Waals surface area contributed by atoms with E-state index < -0.39 is 0 Å². The molecule has 0 radical (unpaired) electrons. The van der Waals surface area contributed by atoms with Gasteiger partial charge in [0.25, 0.3) is 5.91 Å². The smallest absolute Gasteiger partial charge is 0.264 e. The van der Waals surface area contributed by atoms with Gasteiger partial charge in [-0.2, -0.15) is 5.26 Å². The van der Waals surface area contributed by atoms with Crippen molar-refractivity contribution in [1.82, 2.24) is 19.8 Å². The van der Waals surface area contributed by atoms with Gasteiger partial charge in [-0.25, -0.2) is 9.97 Å². The summed E-state index contributed by atoms with van der Waals surface area (Å²) in [7, 11) is 0. The standard InChI is InChI=1S/C31H35N7O2/c32-20-25(14-17-37-15-4-5-16-37)31(39)38-18-12-23(13-19-38)21-34-30-28(29(33)35-22-36-30)24-8-10-27(11-9-24)40-26-6-2-1-3-7-26/h1-3,6-11,14,22-23H,4-5,12-13,15-19,21H2,(H3,33,34,35,36)/b25-14+. The number of ether oxygens (including phenoxy) is 1. The van der Waals surface area contributed by atoms with Crippen LogP contribution in [-0.4, -0.2) is 64.9 Å². The zero-order valence-electron chi connectivity index (χ0n) is 22.6. The number of nitrogens with two attached hydrogens (primary N) is 1. The Kier molecular flexibility index (Phi) is 8.89. The number of likely N-dealkylation sites (tertiary alicyclic amines) is 2. The molecule has 0 aliphatic carbocycles. The van der Waals surface area contributed by atoms with E-state index in [9.17, 15) is 10.1 Å². The summed E-state index contributed by atoms with van der Waals surface area (Å²) >= 11 is 0. The Morgan fingerprint density at radius 3 is 2.42 bits per heavy atom. The average molecular weight is 538 g/mol. The Morgan fingerprint density at radius 1 is 1.02 bits per heavy atom. The number of anilines is 2. The van der Waals surface area contributed by atoms with E-state index in [2.05, 4.69) is 26.3 Å². The fourth-order valence-corrected chi connectivity index (χ4v) is 5.25. The van der Waals surface area contributed by atoms with Crippen molar-refractivity contribution in [1.29, 1.82) is 5.26 Å². The number of nitrogens with one attached hydrogen (secondary N) is 1. The third-order valence-corrected chi connectivity index (χ3v) is 7.56. The third kappa shape index (κ3) is 6.77. The Balaban J connectivity index is 1.16. The topological polar surface area (TPSA) is 120 Å². The lowest BCUT2D eigenvalue weighted by atomic mass is 9.96. The Labute approximate surface area is 235 Å². The minimum Gasteiger partial charge on any atom is -0.457 e. The second-order valence-electron chi connectivity index (χ2n) is 10.3. The largest absolute Gasteiger partial charge is 0.457 e. The van der Waals surface area contributed by atoms with E-state index in [1.807, 2.05) is 59.5 Å². The average Bonchev–Trinajstić information content (AvgIpc) is 3.51. The number of benzene rings is 2. The van der Waals surface area contributed by atoms with Crippen molar-refractivity contribution < 1.29 is 9.53 Å². The normalized spacial score (nSPS) is 16.5. The molecule has 5 rings (SSSR count). The molecule has 3 N–H and O–H groups in total. The quantitative estimate of drug-likeness (QED) is 0.297. The molecule has 9 nitrogen and oxygen atoms in total. The number of amides is 1. The number of aromatic nitrogens is 2. The zero-order valence-corrected chi connectivity index (χ0v) is 22.6. The van der Waals surface area contributed by atoms with E-state index in [0.29, 0.717) is 43.7 Å². The molecule has 2 aliphatic heterocycles. The van der Waals surface area contributed by atoms with Crippen molar-refractivity contribution in [3.05, 3.63) is 72.6 Å². The van der Waals surface area contributed by atoms with Crippen LogP contribution in [0.5, 0.6) is 11.5 Å². The number of carbonyl (C=O) groups excluding carboxylic acids is 1. The van der Waals surface area contributed by atoms with Gasteiger partial charge in [-0.15, -0.1) is 0 Å². The van der Waals surface area contributed by atoms with Crippen LogP contribution in [0.3, 0.4) is 0 Å². The lowest BCUT2D eigenvalue weighted by Gasteiger charge is -2.32. The first-order valence-corrected chi connectivity index (χ1v) is 13.9. The molecule has 0 spiro atoms. The summed E-state index contributed by atoms with van der Waals surface area (Å²) in [5.74, 6) is 2.80. The number of nitriles is 1. The van der Waals surface area contributed by atoms with Gasteiger partial charge in [0.1, 0.15) is 41.1 Å². The first-order chi connectivity index (χ1) is 19.6. The molecule has 3 heterocycles. The molecular weight excluding hydrogens is 502 g/mol. The fraction of sp³-hybridized carbons (Fsp3) is 0.355. The Morgan fingerprint density at radius 2 is 1.73 bits per heavy atom. The maximum atomic E-state index is 12.9. The molecule has 1 amide bonds. The molecule has 40 heavy (non-hydrogen) atoms. The molecule has 3 aromatic rings. The molecule has 1 aromatic heterocycles. The molecule has 0 atom stereocenters. The van der Waals surface area contributed by atoms with Gasteiger partial charge in [-0.1, -0.05) is 30.3 Å². The number of nitrogen functional groups attached to an aromatic ring is 1. The molecule has 0 bridgehead atoms. The van der Waals surface area contributed by atoms with E-state index >= 15 is 0 Å². The maximum absolute atomic E-state index is 12.9. The second kappa shape index (κ2) is 13.1. The number of rotatable bonds is 9. The lowest BCUT2D eigenvalue weighted by molar-refractivity contribution is -0.128. The van der Waals surface area contributed by atoms with E-state index in [1.54, 1.807) is 6.08 Å². The van der Waals surface area contributed by atoms with Gasteiger partial charge < -0.3 is 20.7 Å². The van der Waals surface area contributed by atoms with E-state index in [1.165, 1.54) is 19.2 Å². The van der Waals surface area contributed by atoms with Gasteiger partial charge in [0.05, 0.1) is 5.56 Å². The fourth-order valence-electron chi connectivity index (χ4n) is 5.25. The van der Waals surface area contributed by atoms with Gasteiger partial charge in [-0.3, -0.25) is 9.69 Å². The highest BCUT2D eigenvalue weighted by molar-refractivity contribution is 5.97. The number of hydrogen-bond donors (Lipinski definition) is 2. The van der Waals surface area contributed by atoms with Crippen molar-refractivity contribution in [2.24, 2.45) is 5.92 Å². The monoisotopic (exact) mass is 537 g/mol. The van der Waals surface area contributed by atoms with Crippen molar-refractivity contribution in [2.75, 3.05) is 50.3 Å². The first kappa shape index (κ1) is 27.2. The van der Waals surface area contributed by atoms with Crippen LogP contribution >= 0.6 is 0 Å². The summed E-state index contributed by atoms with van der Waals surface area (Å²) in [5, 5.41) is 13.0. The van der Waals surface area contributed by atoms with E-state index in [4.69, 9.17) is 10.5 Å². The first-order valence-electron chi connectivity index (χ1n) is 13.9. The van der Waals surface area contributed by atoms with Crippen molar-refractivity contribution in [3.63, 3.8) is 0 Å². The van der Waals surface area contributed by atoms with Gasteiger partial charge in [0.2, 0.25) is 0 Å². The SMILES string of the molecule is N#C/C(=C\CN1CCCC1)C(=O)N1CCC(CNc2ncnc(N)c2-c2ccc(Oc3ccccc3)cc2)CC1. The van der Waals surface area contributed by atoms with E-state index in [-0.39, 0.29) is 11.5 Å². The molecule has 0 unspecified atom stereocenters. The molecule has 206 valence electrons. The van der Waals surface area contributed by atoms with Crippen molar-refractivity contribution in [3.8, 4) is 28.7 Å². The highest BCUT2D eigenvalue weighted by Crippen LogP contribution is 2.33. The van der Waals surface area contributed by atoms with Crippen LogP contribution in [0.1, 0.15) is 25.7 Å². The predicted octanol–water partition coefficient (Wildman–Crippen LogP) is 4.71. The number of hydrogen-bond acceptors (Lipinski definition) is 8. The Bertz CT molecular complexity index is 1350. The summed E-state index contributed by atoms with van der Waals surface area (Å²) in [6, 6.07) is 19.5. The van der Waals surface area contributed by atoms with Crippen LogP contribution in [0.15, 0.2) is 72.6 Å².